The number of aliphatic hydroxyl groups excluding tert-OH is 1. The molecule has 1 aromatic heterocycles. The van der Waals surface area contributed by atoms with E-state index in [9.17, 15) is 5.11 Å². The molecule has 1 aliphatic heterocycles. The van der Waals surface area contributed by atoms with Gasteiger partial charge in [-0.15, -0.1) is 0 Å². The fraction of sp³-hybridized carbons (Fsp3) is 0.154. The maximum atomic E-state index is 10.3. The first kappa shape index (κ1) is 10.9. The fourth-order valence-electron chi connectivity index (χ4n) is 1.91. The quantitative estimate of drug-likeness (QED) is 0.836. The number of hydrogen-bond acceptors (Lipinski definition) is 5. The first-order valence-electron chi connectivity index (χ1n) is 5.52. The van der Waals surface area contributed by atoms with Gasteiger partial charge in [0.2, 0.25) is 6.79 Å². The molecule has 0 fully saturated rings. The van der Waals surface area contributed by atoms with E-state index in [2.05, 4.69) is 4.98 Å². The van der Waals surface area contributed by atoms with Crippen molar-refractivity contribution in [1.82, 2.24) is 4.98 Å². The van der Waals surface area contributed by atoms with Gasteiger partial charge in [-0.25, -0.2) is 0 Å². The number of pyridine rings is 1. The van der Waals surface area contributed by atoms with Gasteiger partial charge in [-0.3, -0.25) is 4.98 Å². The Kier molecular flexibility index (Phi) is 2.53. The second-order valence-electron chi connectivity index (χ2n) is 4.02. The molecule has 5 heteroatoms. The van der Waals surface area contributed by atoms with E-state index < -0.39 is 6.10 Å². The maximum absolute atomic E-state index is 10.3. The number of nitrogen functional groups attached to an aromatic ring is 1. The van der Waals surface area contributed by atoms with E-state index in [1.807, 2.05) is 0 Å². The van der Waals surface area contributed by atoms with Crippen molar-refractivity contribution in [3.63, 3.8) is 0 Å². The molecule has 3 rings (SSSR count). The van der Waals surface area contributed by atoms with Gasteiger partial charge in [0.05, 0.1) is 0 Å². The number of aliphatic hydroxyl groups is 1. The minimum absolute atomic E-state index is 0.212. The summed E-state index contributed by atoms with van der Waals surface area (Å²) in [7, 11) is 0. The van der Waals surface area contributed by atoms with Crippen molar-refractivity contribution in [2.45, 2.75) is 6.10 Å². The van der Waals surface area contributed by atoms with Gasteiger partial charge in [0.25, 0.3) is 0 Å². The van der Waals surface area contributed by atoms with E-state index in [1.165, 1.54) is 0 Å². The molecule has 3 N–H and O–H groups in total. The van der Waals surface area contributed by atoms with E-state index in [0.29, 0.717) is 28.3 Å². The number of fused-ring (bicyclic) bond motifs is 1. The Labute approximate surface area is 104 Å². The summed E-state index contributed by atoms with van der Waals surface area (Å²) in [5.74, 6) is 1.32. The van der Waals surface area contributed by atoms with Crippen LogP contribution in [0.2, 0.25) is 0 Å². The van der Waals surface area contributed by atoms with Crippen LogP contribution in [0.25, 0.3) is 0 Å². The zero-order valence-corrected chi connectivity index (χ0v) is 9.54. The second-order valence-corrected chi connectivity index (χ2v) is 4.02. The number of rotatable bonds is 2. The van der Waals surface area contributed by atoms with E-state index in [4.69, 9.17) is 15.2 Å². The molecule has 0 amide bonds. The average molecular weight is 244 g/mol. The van der Waals surface area contributed by atoms with Gasteiger partial charge in [0, 0.05) is 23.6 Å². The number of nitrogens with two attached hydrogens (primary N) is 1. The second kappa shape index (κ2) is 4.19. The van der Waals surface area contributed by atoms with Crippen LogP contribution in [0.3, 0.4) is 0 Å². The van der Waals surface area contributed by atoms with Crippen molar-refractivity contribution in [3.8, 4) is 11.5 Å². The van der Waals surface area contributed by atoms with Gasteiger partial charge in [0.1, 0.15) is 6.10 Å². The van der Waals surface area contributed by atoms with Gasteiger partial charge in [-0.1, -0.05) is 6.07 Å². The van der Waals surface area contributed by atoms with Gasteiger partial charge in [0.15, 0.2) is 11.5 Å². The van der Waals surface area contributed by atoms with E-state index in [0.717, 1.165) is 0 Å². The predicted molar refractivity (Wildman–Crippen MR) is 65.3 cm³/mol. The Morgan fingerprint density at radius 2 is 2.06 bits per heavy atom. The zero-order valence-electron chi connectivity index (χ0n) is 9.54. The zero-order chi connectivity index (χ0) is 12.5. The Bertz CT molecular complexity index is 586. The minimum atomic E-state index is -0.826. The summed E-state index contributed by atoms with van der Waals surface area (Å²) < 4.78 is 10.5. The van der Waals surface area contributed by atoms with Crippen molar-refractivity contribution >= 4 is 5.69 Å². The van der Waals surface area contributed by atoms with Gasteiger partial charge in [-0.05, 0) is 23.8 Å². The van der Waals surface area contributed by atoms with Crippen molar-refractivity contribution < 1.29 is 14.6 Å². The van der Waals surface area contributed by atoms with Crippen LogP contribution in [-0.4, -0.2) is 16.9 Å². The van der Waals surface area contributed by atoms with E-state index in [1.54, 1.807) is 36.7 Å². The molecule has 0 saturated carbocycles. The lowest BCUT2D eigenvalue weighted by atomic mass is 10.0. The molecule has 92 valence electrons. The van der Waals surface area contributed by atoms with Gasteiger partial charge in [-0.2, -0.15) is 0 Å². The van der Waals surface area contributed by atoms with Crippen molar-refractivity contribution in [3.05, 3.63) is 47.8 Å². The number of aromatic nitrogens is 1. The molecule has 1 aromatic carbocycles. The molecular formula is C13H12N2O3. The molecular weight excluding hydrogens is 232 g/mol. The van der Waals surface area contributed by atoms with Crippen LogP contribution in [0.1, 0.15) is 17.2 Å². The molecule has 0 saturated heterocycles. The molecule has 0 aliphatic carbocycles. The number of nitrogens with zero attached hydrogens (tertiary/aromatic N) is 1. The summed E-state index contributed by atoms with van der Waals surface area (Å²) in [5, 5.41) is 10.3. The summed E-state index contributed by atoms with van der Waals surface area (Å²) in [4.78, 5) is 3.97. The normalized spacial score (nSPS) is 14.5. The largest absolute Gasteiger partial charge is 0.454 e. The number of anilines is 1. The summed E-state index contributed by atoms with van der Waals surface area (Å²) in [6, 6.07) is 6.96. The molecule has 1 aliphatic rings. The summed E-state index contributed by atoms with van der Waals surface area (Å²) in [5.41, 5.74) is 7.60. The highest BCUT2D eigenvalue weighted by Crippen LogP contribution is 2.36. The summed E-state index contributed by atoms with van der Waals surface area (Å²) in [6.45, 7) is 0.212. The maximum Gasteiger partial charge on any atom is 0.231 e. The number of hydrogen-bond donors (Lipinski definition) is 2. The lowest BCUT2D eigenvalue weighted by Crippen LogP contribution is -2.04. The molecule has 2 heterocycles. The smallest absolute Gasteiger partial charge is 0.231 e. The van der Waals surface area contributed by atoms with Crippen LogP contribution in [-0.2, 0) is 0 Å². The number of ether oxygens (including phenoxy) is 2. The van der Waals surface area contributed by atoms with Crippen LogP contribution in [0.15, 0.2) is 36.7 Å². The van der Waals surface area contributed by atoms with Crippen LogP contribution < -0.4 is 15.2 Å². The summed E-state index contributed by atoms with van der Waals surface area (Å²) in [6.07, 6.45) is 2.32. The van der Waals surface area contributed by atoms with Crippen LogP contribution in [0.4, 0.5) is 5.69 Å². The lowest BCUT2D eigenvalue weighted by Gasteiger charge is -2.13. The average Bonchev–Trinajstić information content (AvgIpc) is 2.85. The Hall–Kier alpha value is -2.27. The van der Waals surface area contributed by atoms with Gasteiger partial charge >= 0.3 is 0 Å². The predicted octanol–water partition coefficient (Wildman–Crippen LogP) is 1.47. The van der Waals surface area contributed by atoms with Crippen molar-refractivity contribution in [1.29, 1.82) is 0 Å². The van der Waals surface area contributed by atoms with Crippen molar-refractivity contribution in [2.24, 2.45) is 0 Å². The Morgan fingerprint density at radius 1 is 1.22 bits per heavy atom. The molecule has 0 radical (unpaired) electrons. The third-order valence-electron chi connectivity index (χ3n) is 2.89. The molecule has 0 spiro atoms. The topological polar surface area (TPSA) is 77.6 Å². The molecule has 0 bridgehead atoms. The van der Waals surface area contributed by atoms with Crippen LogP contribution in [0, 0.1) is 0 Å². The van der Waals surface area contributed by atoms with Crippen LogP contribution >= 0.6 is 0 Å². The first-order chi connectivity index (χ1) is 8.75. The highest BCUT2D eigenvalue weighted by molar-refractivity contribution is 5.51. The van der Waals surface area contributed by atoms with Gasteiger partial charge < -0.3 is 20.3 Å². The molecule has 1 unspecified atom stereocenters. The third kappa shape index (κ3) is 1.74. The van der Waals surface area contributed by atoms with E-state index in [-0.39, 0.29) is 6.79 Å². The first-order valence-corrected chi connectivity index (χ1v) is 5.52. The Balaban J connectivity index is 1.98. The highest BCUT2D eigenvalue weighted by atomic mass is 16.7. The Morgan fingerprint density at radius 3 is 2.89 bits per heavy atom. The third-order valence-corrected chi connectivity index (χ3v) is 2.89. The molecule has 5 nitrogen and oxygen atoms in total. The molecule has 1 atom stereocenters. The molecule has 18 heavy (non-hydrogen) atoms. The number of benzene rings is 1. The molecule has 2 aromatic rings. The minimum Gasteiger partial charge on any atom is -0.454 e. The fourth-order valence-corrected chi connectivity index (χ4v) is 1.91. The summed E-state index contributed by atoms with van der Waals surface area (Å²) >= 11 is 0. The van der Waals surface area contributed by atoms with Crippen LogP contribution in [0.5, 0.6) is 11.5 Å². The monoisotopic (exact) mass is 244 g/mol. The lowest BCUT2D eigenvalue weighted by molar-refractivity contribution is 0.173. The van der Waals surface area contributed by atoms with Crippen molar-refractivity contribution in [2.75, 3.05) is 12.5 Å². The highest BCUT2D eigenvalue weighted by Gasteiger charge is 2.18. The standard InChI is InChI=1S/C13H12N2O3/c14-10-3-4-15-6-9(10)13(16)8-1-2-11-12(5-8)18-7-17-11/h1-6,13,16H,7H2,(H2,14,15). The van der Waals surface area contributed by atoms with E-state index >= 15 is 0 Å². The SMILES string of the molecule is Nc1ccncc1C(O)c1ccc2c(c1)OCO2.